The molecule has 82 valence electrons. The maximum atomic E-state index is 5.88. The van der Waals surface area contributed by atoms with Crippen LogP contribution < -0.4 is 0 Å². The van der Waals surface area contributed by atoms with Crippen molar-refractivity contribution >= 4 is 46.4 Å². The number of rotatable bonds is 2. The van der Waals surface area contributed by atoms with E-state index in [1.54, 1.807) is 29.5 Å². The van der Waals surface area contributed by atoms with Crippen molar-refractivity contribution in [2.24, 2.45) is 4.99 Å². The van der Waals surface area contributed by atoms with Crippen LogP contribution in [0.2, 0.25) is 10.0 Å². The van der Waals surface area contributed by atoms with Gasteiger partial charge in [-0.05, 0) is 37.3 Å². The molecule has 0 saturated carbocycles. The molecule has 1 nitrogen and oxygen atoms in total. The molecule has 16 heavy (non-hydrogen) atoms. The minimum absolute atomic E-state index is 0.599. The molecular formula is C12H9Cl2NS. The van der Waals surface area contributed by atoms with Crippen molar-refractivity contribution in [3.63, 3.8) is 0 Å². The van der Waals surface area contributed by atoms with Crippen molar-refractivity contribution in [1.29, 1.82) is 0 Å². The van der Waals surface area contributed by atoms with Crippen LogP contribution in [-0.4, -0.2) is 6.21 Å². The third-order valence-electron chi connectivity index (χ3n) is 1.95. The second-order valence-corrected chi connectivity index (χ2v) is 5.53. The highest BCUT2D eigenvalue weighted by Gasteiger charge is 1.96. The number of hydrogen-bond acceptors (Lipinski definition) is 2. The van der Waals surface area contributed by atoms with Crippen LogP contribution in [0.25, 0.3) is 0 Å². The quantitative estimate of drug-likeness (QED) is 0.672. The normalized spacial score (nSPS) is 11.2. The molecule has 0 saturated heterocycles. The molecule has 4 heteroatoms. The summed E-state index contributed by atoms with van der Waals surface area (Å²) in [5.41, 5.74) is 0.767. The predicted octanol–water partition coefficient (Wildman–Crippen LogP) is 5.11. The maximum absolute atomic E-state index is 5.88. The Labute approximate surface area is 108 Å². The molecule has 0 unspecified atom stereocenters. The van der Waals surface area contributed by atoms with Crippen LogP contribution in [0.1, 0.15) is 9.75 Å². The fraction of sp³-hybridized carbons (Fsp3) is 0.0833. The molecule has 0 amide bonds. The Morgan fingerprint density at radius 1 is 1.12 bits per heavy atom. The first-order valence-corrected chi connectivity index (χ1v) is 6.27. The van der Waals surface area contributed by atoms with Gasteiger partial charge in [0.1, 0.15) is 0 Å². The number of aliphatic imine (C=N–C) groups is 1. The number of halogens is 2. The Balaban J connectivity index is 2.23. The molecule has 0 bridgehead atoms. The Hall–Kier alpha value is -0.830. The zero-order chi connectivity index (χ0) is 11.5. The SMILES string of the molecule is Cc1ccc(C=Nc2cc(Cl)cc(Cl)c2)s1. The van der Waals surface area contributed by atoms with E-state index in [0.29, 0.717) is 10.0 Å². The molecule has 0 radical (unpaired) electrons. The molecule has 2 aromatic rings. The molecule has 0 aliphatic heterocycles. The van der Waals surface area contributed by atoms with Gasteiger partial charge >= 0.3 is 0 Å². The summed E-state index contributed by atoms with van der Waals surface area (Å²) < 4.78 is 0. The van der Waals surface area contributed by atoms with Gasteiger partial charge in [-0.2, -0.15) is 0 Å². The minimum Gasteiger partial charge on any atom is -0.255 e. The molecule has 0 atom stereocenters. The summed E-state index contributed by atoms with van der Waals surface area (Å²) in [5.74, 6) is 0. The van der Waals surface area contributed by atoms with Gasteiger partial charge in [0.25, 0.3) is 0 Å². The van der Waals surface area contributed by atoms with Crippen molar-refractivity contribution < 1.29 is 0 Å². The largest absolute Gasteiger partial charge is 0.255 e. The Morgan fingerprint density at radius 3 is 2.38 bits per heavy atom. The van der Waals surface area contributed by atoms with Crippen LogP contribution >= 0.6 is 34.5 Å². The van der Waals surface area contributed by atoms with Crippen LogP contribution in [0, 0.1) is 6.92 Å². The van der Waals surface area contributed by atoms with E-state index in [1.165, 1.54) is 4.88 Å². The molecule has 0 fully saturated rings. The lowest BCUT2D eigenvalue weighted by Gasteiger charge is -1.96. The van der Waals surface area contributed by atoms with Crippen molar-refractivity contribution in [2.75, 3.05) is 0 Å². The third kappa shape index (κ3) is 3.08. The molecule has 1 aromatic heterocycles. The van der Waals surface area contributed by atoms with E-state index >= 15 is 0 Å². The van der Waals surface area contributed by atoms with Gasteiger partial charge in [-0.25, -0.2) is 0 Å². The van der Waals surface area contributed by atoms with Gasteiger partial charge in [-0.3, -0.25) is 4.99 Å². The van der Waals surface area contributed by atoms with Crippen LogP contribution in [0.15, 0.2) is 35.3 Å². The van der Waals surface area contributed by atoms with Gasteiger partial charge < -0.3 is 0 Å². The minimum atomic E-state index is 0.599. The Morgan fingerprint density at radius 2 is 1.81 bits per heavy atom. The van der Waals surface area contributed by atoms with Crippen LogP contribution in [-0.2, 0) is 0 Å². The summed E-state index contributed by atoms with van der Waals surface area (Å²) in [7, 11) is 0. The lowest BCUT2D eigenvalue weighted by atomic mass is 10.3. The number of nitrogens with zero attached hydrogens (tertiary/aromatic N) is 1. The van der Waals surface area contributed by atoms with Crippen molar-refractivity contribution in [3.8, 4) is 0 Å². The molecule has 2 rings (SSSR count). The predicted molar refractivity (Wildman–Crippen MR) is 72.8 cm³/mol. The topological polar surface area (TPSA) is 12.4 Å². The first-order valence-electron chi connectivity index (χ1n) is 4.70. The average molecular weight is 270 g/mol. The standard InChI is InChI=1S/C12H9Cl2NS/c1-8-2-3-12(16-8)7-15-11-5-9(13)4-10(14)6-11/h2-7H,1H3. The van der Waals surface area contributed by atoms with Crippen molar-refractivity contribution in [3.05, 3.63) is 50.1 Å². The molecule has 1 heterocycles. The van der Waals surface area contributed by atoms with E-state index in [4.69, 9.17) is 23.2 Å². The summed E-state index contributed by atoms with van der Waals surface area (Å²) >= 11 is 13.5. The van der Waals surface area contributed by atoms with Gasteiger partial charge in [0.15, 0.2) is 0 Å². The molecule has 0 aliphatic rings. The van der Waals surface area contributed by atoms with E-state index in [1.807, 2.05) is 12.3 Å². The van der Waals surface area contributed by atoms with Crippen LogP contribution in [0.4, 0.5) is 5.69 Å². The van der Waals surface area contributed by atoms with Gasteiger partial charge in [0.05, 0.1) is 5.69 Å². The Bertz CT molecular complexity index is 511. The average Bonchev–Trinajstić information content (AvgIpc) is 2.60. The fourth-order valence-corrected chi connectivity index (χ4v) is 2.54. The van der Waals surface area contributed by atoms with E-state index in [0.717, 1.165) is 10.6 Å². The third-order valence-corrected chi connectivity index (χ3v) is 3.32. The lowest BCUT2D eigenvalue weighted by Crippen LogP contribution is -1.73. The monoisotopic (exact) mass is 269 g/mol. The van der Waals surface area contributed by atoms with E-state index < -0.39 is 0 Å². The smallest absolute Gasteiger partial charge is 0.0659 e. The maximum Gasteiger partial charge on any atom is 0.0659 e. The fourth-order valence-electron chi connectivity index (χ4n) is 1.27. The van der Waals surface area contributed by atoms with Crippen molar-refractivity contribution in [1.82, 2.24) is 0 Å². The lowest BCUT2D eigenvalue weighted by molar-refractivity contribution is 1.54. The van der Waals surface area contributed by atoms with Gasteiger partial charge in [0.2, 0.25) is 0 Å². The number of thiophene rings is 1. The van der Waals surface area contributed by atoms with Crippen LogP contribution in [0.3, 0.4) is 0 Å². The highest BCUT2D eigenvalue weighted by atomic mass is 35.5. The zero-order valence-corrected chi connectivity index (χ0v) is 10.9. The number of aryl methyl sites for hydroxylation is 1. The Kier molecular flexibility index (Phi) is 3.64. The van der Waals surface area contributed by atoms with Crippen LogP contribution in [0.5, 0.6) is 0 Å². The summed E-state index contributed by atoms with van der Waals surface area (Å²) in [5, 5.41) is 1.20. The highest BCUT2D eigenvalue weighted by molar-refractivity contribution is 7.13. The molecular weight excluding hydrogens is 261 g/mol. The van der Waals surface area contributed by atoms with E-state index in [9.17, 15) is 0 Å². The molecule has 0 aliphatic carbocycles. The number of hydrogen-bond donors (Lipinski definition) is 0. The van der Waals surface area contributed by atoms with Gasteiger partial charge in [-0.1, -0.05) is 23.2 Å². The second-order valence-electron chi connectivity index (χ2n) is 3.33. The number of benzene rings is 1. The highest BCUT2D eigenvalue weighted by Crippen LogP contribution is 2.24. The summed E-state index contributed by atoms with van der Waals surface area (Å²) in [6, 6.07) is 9.36. The second kappa shape index (κ2) is 5.00. The van der Waals surface area contributed by atoms with E-state index in [-0.39, 0.29) is 0 Å². The first kappa shape index (κ1) is 11.6. The summed E-state index contributed by atoms with van der Waals surface area (Å²) in [6.45, 7) is 2.07. The van der Waals surface area contributed by atoms with E-state index in [2.05, 4.69) is 18.0 Å². The van der Waals surface area contributed by atoms with Crippen molar-refractivity contribution in [2.45, 2.75) is 6.92 Å². The van der Waals surface area contributed by atoms with Gasteiger partial charge in [0, 0.05) is 26.0 Å². The molecule has 0 spiro atoms. The summed E-state index contributed by atoms with van der Waals surface area (Å²) in [4.78, 5) is 6.72. The zero-order valence-electron chi connectivity index (χ0n) is 8.58. The first-order chi connectivity index (χ1) is 7.63. The van der Waals surface area contributed by atoms with Gasteiger partial charge in [-0.15, -0.1) is 11.3 Å². The molecule has 1 aromatic carbocycles. The molecule has 0 N–H and O–H groups in total. The summed E-state index contributed by atoms with van der Waals surface area (Å²) in [6.07, 6.45) is 1.82.